The van der Waals surface area contributed by atoms with Gasteiger partial charge in [-0.25, -0.2) is 0 Å². The molecule has 0 aromatic heterocycles. The molecule has 1 saturated carbocycles. The van der Waals surface area contributed by atoms with E-state index in [1.807, 2.05) is 4.90 Å². The number of nitrogens with zero attached hydrogens (tertiary/aromatic N) is 1. The number of hydrogen-bond acceptors (Lipinski definition) is 4. The van der Waals surface area contributed by atoms with Crippen LogP contribution in [0, 0.1) is 0 Å². The zero-order valence-corrected chi connectivity index (χ0v) is 11.0. The van der Waals surface area contributed by atoms with E-state index in [0.717, 1.165) is 25.8 Å². The van der Waals surface area contributed by atoms with Crippen molar-refractivity contribution in [2.45, 2.75) is 50.6 Å². The van der Waals surface area contributed by atoms with E-state index in [2.05, 4.69) is 5.32 Å². The second-order valence-corrected chi connectivity index (χ2v) is 5.17. The van der Waals surface area contributed by atoms with Gasteiger partial charge in [-0.1, -0.05) is 0 Å². The molecule has 0 aromatic rings. The highest BCUT2D eigenvalue weighted by molar-refractivity contribution is 5.80. The van der Waals surface area contributed by atoms with Crippen LogP contribution < -0.4 is 5.32 Å². The number of esters is 1. The zero-order valence-electron chi connectivity index (χ0n) is 11.0. The van der Waals surface area contributed by atoms with Crippen molar-refractivity contribution in [2.75, 3.05) is 20.2 Å². The molecular formula is C13H22N2O3. The second kappa shape index (κ2) is 6.18. The van der Waals surface area contributed by atoms with Crippen LogP contribution in [0.2, 0.25) is 0 Å². The third-order valence-corrected chi connectivity index (χ3v) is 3.70. The van der Waals surface area contributed by atoms with E-state index in [4.69, 9.17) is 4.74 Å². The molecule has 0 spiro atoms. The van der Waals surface area contributed by atoms with Gasteiger partial charge in [0.15, 0.2) is 0 Å². The summed E-state index contributed by atoms with van der Waals surface area (Å²) in [7, 11) is 1.39. The minimum absolute atomic E-state index is 0.0275. The molecule has 1 aliphatic carbocycles. The minimum Gasteiger partial charge on any atom is -0.469 e. The van der Waals surface area contributed by atoms with Crippen molar-refractivity contribution in [1.82, 2.24) is 10.2 Å². The standard InChI is InChI=1S/C13H22N2O3/c1-18-13(17)8-11-4-2-3-7-15(11)12(16)9-14-10-5-6-10/h10-11,14H,2-9H2,1H3. The number of ether oxygens (including phenoxy) is 1. The van der Waals surface area contributed by atoms with E-state index in [0.29, 0.717) is 19.0 Å². The molecule has 1 saturated heterocycles. The van der Waals surface area contributed by atoms with Crippen molar-refractivity contribution in [3.05, 3.63) is 0 Å². The van der Waals surface area contributed by atoms with Crippen LogP contribution >= 0.6 is 0 Å². The number of methoxy groups -OCH3 is 1. The zero-order chi connectivity index (χ0) is 13.0. The van der Waals surface area contributed by atoms with Gasteiger partial charge in [0.1, 0.15) is 0 Å². The Labute approximate surface area is 108 Å². The van der Waals surface area contributed by atoms with Gasteiger partial charge in [0.25, 0.3) is 0 Å². The molecule has 0 radical (unpaired) electrons. The largest absolute Gasteiger partial charge is 0.469 e. The Kier molecular flexibility index (Phi) is 4.58. The van der Waals surface area contributed by atoms with E-state index >= 15 is 0 Å². The van der Waals surface area contributed by atoms with Crippen LogP contribution in [0.4, 0.5) is 0 Å². The molecule has 1 N–H and O–H groups in total. The molecule has 18 heavy (non-hydrogen) atoms. The minimum atomic E-state index is -0.227. The Morgan fingerprint density at radius 3 is 2.72 bits per heavy atom. The number of rotatable bonds is 5. The van der Waals surface area contributed by atoms with Gasteiger partial charge in [-0.2, -0.15) is 0 Å². The predicted octanol–water partition coefficient (Wildman–Crippen LogP) is 0.683. The highest BCUT2D eigenvalue weighted by atomic mass is 16.5. The quantitative estimate of drug-likeness (QED) is 0.733. The lowest BCUT2D eigenvalue weighted by Crippen LogP contribution is -2.48. The molecule has 5 heteroatoms. The van der Waals surface area contributed by atoms with Crippen LogP contribution in [0.1, 0.15) is 38.5 Å². The van der Waals surface area contributed by atoms with Gasteiger partial charge < -0.3 is 15.0 Å². The van der Waals surface area contributed by atoms with Gasteiger partial charge in [-0.3, -0.25) is 9.59 Å². The maximum atomic E-state index is 12.1. The fourth-order valence-corrected chi connectivity index (χ4v) is 2.44. The summed E-state index contributed by atoms with van der Waals surface area (Å²) in [6.45, 7) is 1.18. The average Bonchev–Trinajstić information content (AvgIpc) is 3.20. The average molecular weight is 254 g/mol. The van der Waals surface area contributed by atoms with Crippen LogP contribution in [0.25, 0.3) is 0 Å². The van der Waals surface area contributed by atoms with Crippen molar-refractivity contribution in [2.24, 2.45) is 0 Å². The summed E-state index contributed by atoms with van der Waals surface area (Å²) in [5, 5.41) is 3.23. The maximum absolute atomic E-state index is 12.1. The predicted molar refractivity (Wildman–Crippen MR) is 67.0 cm³/mol. The summed E-state index contributed by atoms with van der Waals surface area (Å²) in [4.78, 5) is 25.3. The van der Waals surface area contributed by atoms with Crippen LogP contribution in [0.3, 0.4) is 0 Å². The smallest absolute Gasteiger partial charge is 0.307 e. The number of hydrogen-bond donors (Lipinski definition) is 1. The molecule has 0 bridgehead atoms. The van der Waals surface area contributed by atoms with E-state index in [-0.39, 0.29) is 17.9 Å². The number of carbonyl (C=O) groups excluding carboxylic acids is 2. The first kappa shape index (κ1) is 13.3. The molecule has 1 aliphatic heterocycles. The molecule has 1 heterocycles. The van der Waals surface area contributed by atoms with Crippen LogP contribution in [0.15, 0.2) is 0 Å². The molecule has 102 valence electrons. The fourth-order valence-electron chi connectivity index (χ4n) is 2.44. The van der Waals surface area contributed by atoms with Crippen molar-refractivity contribution >= 4 is 11.9 Å². The molecule has 2 fully saturated rings. The van der Waals surface area contributed by atoms with Gasteiger partial charge in [0.2, 0.25) is 5.91 Å². The van der Waals surface area contributed by atoms with Crippen LogP contribution in [0.5, 0.6) is 0 Å². The highest BCUT2D eigenvalue weighted by Crippen LogP contribution is 2.21. The number of nitrogens with one attached hydrogen (secondary N) is 1. The van der Waals surface area contributed by atoms with E-state index < -0.39 is 0 Å². The number of carbonyl (C=O) groups is 2. The Balaban J connectivity index is 1.84. The molecule has 0 aromatic carbocycles. The summed E-state index contributed by atoms with van der Waals surface area (Å²) in [5.74, 6) is -0.106. The molecule has 1 unspecified atom stereocenters. The van der Waals surface area contributed by atoms with Crippen LogP contribution in [-0.4, -0.2) is 49.1 Å². The third kappa shape index (κ3) is 3.70. The number of amides is 1. The number of piperidine rings is 1. The molecule has 2 rings (SSSR count). The first-order valence-electron chi connectivity index (χ1n) is 6.80. The van der Waals surface area contributed by atoms with Gasteiger partial charge in [-0.15, -0.1) is 0 Å². The van der Waals surface area contributed by atoms with Crippen LogP contribution in [-0.2, 0) is 14.3 Å². The third-order valence-electron chi connectivity index (χ3n) is 3.70. The topological polar surface area (TPSA) is 58.6 Å². The summed E-state index contributed by atoms with van der Waals surface area (Å²) < 4.78 is 4.70. The lowest BCUT2D eigenvalue weighted by atomic mass is 9.99. The second-order valence-electron chi connectivity index (χ2n) is 5.17. The van der Waals surface area contributed by atoms with E-state index in [9.17, 15) is 9.59 Å². The Bertz CT molecular complexity index is 315. The SMILES string of the molecule is COC(=O)CC1CCCCN1C(=O)CNC1CC1. The lowest BCUT2D eigenvalue weighted by Gasteiger charge is -2.35. The Hall–Kier alpha value is -1.10. The Morgan fingerprint density at radius 2 is 2.06 bits per heavy atom. The van der Waals surface area contributed by atoms with Gasteiger partial charge in [0, 0.05) is 18.6 Å². The van der Waals surface area contributed by atoms with Gasteiger partial charge in [-0.05, 0) is 32.1 Å². The number of likely N-dealkylation sites (tertiary alicyclic amines) is 1. The van der Waals surface area contributed by atoms with Crippen molar-refractivity contribution in [3.63, 3.8) is 0 Å². The van der Waals surface area contributed by atoms with Gasteiger partial charge >= 0.3 is 5.97 Å². The van der Waals surface area contributed by atoms with E-state index in [1.54, 1.807) is 0 Å². The molecular weight excluding hydrogens is 232 g/mol. The first-order chi connectivity index (χ1) is 8.70. The lowest BCUT2D eigenvalue weighted by molar-refractivity contribution is -0.144. The fraction of sp³-hybridized carbons (Fsp3) is 0.846. The van der Waals surface area contributed by atoms with Crippen molar-refractivity contribution in [1.29, 1.82) is 0 Å². The molecule has 1 amide bonds. The summed E-state index contributed by atoms with van der Waals surface area (Å²) >= 11 is 0. The monoisotopic (exact) mass is 254 g/mol. The normalized spacial score (nSPS) is 23.8. The summed E-state index contributed by atoms with van der Waals surface area (Å²) in [5.41, 5.74) is 0. The van der Waals surface area contributed by atoms with Crippen molar-refractivity contribution in [3.8, 4) is 0 Å². The van der Waals surface area contributed by atoms with E-state index in [1.165, 1.54) is 20.0 Å². The molecule has 5 nitrogen and oxygen atoms in total. The Morgan fingerprint density at radius 1 is 1.28 bits per heavy atom. The first-order valence-corrected chi connectivity index (χ1v) is 6.80. The summed E-state index contributed by atoms with van der Waals surface area (Å²) in [6, 6.07) is 0.567. The highest BCUT2D eigenvalue weighted by Gasteiger charge is 2.29. The molecule has 1 atom stereocenters. The maximum Gasteiger partial charge on any atom is 0.307 e. The summed E-state index contributed by atoms with van der Waals surface area (Å²) in [6.07, 6.45) is 5.71. The molecule has 2 aliphatic rings. The van der Waals surface area contributed by atoms with Gasteiger partial charge in [0.05, 0.1) is 20.1 Å². The van der Waals surface area contributed by atoms with Crippen molar-refractivity contribution < 1.29 is 14.3 Å².